The molecule has 4 aromatic rings. The van der Waals surface area contributed by atoms with Crippen LogP contribution in [0.2, 0.25) is 0 Å². The van der Waals surface area contributed by atoms with E-state index in [0.29, 0.717) is 11.1 Å². The molecule has 0 saturated carbocycles. The number of fused-ring (bicyclic) bond motifs is 4. The largest absolute Gasteiger partial charge is 0.289 e. The lowest BCUT2D eigenvalue weighted by molar-refractivity contribution is 0.103. The van der Waals surface area contributed by atoms with E-state index < -0.39 is 0 Å². The lowest BCUT2D eigenvalue weighted by Gasteiger charge is -2.23. The van der Waals surface area contributed by atoms with E-state index in [1.54, 1.807) is 22.7 Å². The van der Waals surface area contributed by atoms with Gasteiger partial charge in [0.05, 0.1) is 7.57 Å². The summed E-state index contributed by atoms with van der Waals surface area (Å²) in [5.74, 6) is 0.0625. The highest BCUT2D eigenvalue weighted by Crippen LogP contribution is 2.51. The molecule has 0 aliphatic heterocycles. The van der Waals surface area contributed by atoms with Crippen LogP contribution in [0, 0.1) is 0 Å². The molecular formula is C20H6Br2O2S2. The molecule has 2 nitrogen and oxygen atoms in total. The van der Waals surface area contributed by atoms with E-state index in [9.17, 15) is 9.59 Å². The van der Waals surface area contributed by atoms with Gasteiger partial charge in [-0.1, -0.05) is 12.1 Å². The predicted molar refractivity (Wildman–Crippen MR) is 113 cm³/mol. The van der Waals surface area contributed by atoms with Crippen molar-refractivity contribution in [1.29, 1.82) is 0 Å². The summed E-state index contributed by atoms with van der Waals surface area (Å²) in [6.07, 6.45) is 0. The van der Waals surface area contributed by atoms with Crippen LogP contribution in [0.25, 0.3) is 31.7 Å². The Kier molecular flexibility index (Phi) is 2.98. The predicted octanol–water partition coefficient (Wildman–Crippen LogP) is 6.91. The minimum absolute atomic E-state index is 0.0313. The third kappa shape index (κ3) is 1.76. The molecule has 0 unspecified atom stereocenters. The molecule has 2 aliphatic rings. The number of thiophene rings is 2. The van der Waals surface area contributed by atoms with Gasteiger partial charge in [0.15, 0.2) is 11.6 Å². The lowest BCUT2D eigenvalue weighted by atomic mass is 9.80. The number of rotatable bonds is 0. The minimum atomic E-state index is 0.0313. The zero-order valence-electron chi connectivity index (χ0n) is 12.9. The maximum Gasteiger partial charge on any atom is 0.195 e. The maximum absolute atomic E-state index is 13.1. The maximum atomic E-state index is 13.1. The zero-order valence-corrected chi connectivity index (χ0v) is 17.7. The van der Waals surface area contributed by atoms with Crippen LogP contribution in [0.1, 0.15) is 31.8 Å². The van der Waals surface area contributed by atoms with Gasteiger partial charge in [-0.3, -0.25) is 9.59 Å². The van der Waals surface area contributed by atoms with Crippen LogP contribution in [-0.2, 0) is 0 Å². The summed E-state index contributed by atoms with van der Waals surface area (Å²) >= 11 is 10.1. The summed E-state index contributed by atoms with van der Waals surface area (Å²) in [5.41, 5.74) is 4.92. The fourth-order valence-corrected chi connectivity index (χ4v) is 7.26. The molecule has 0 fully saturated rings. The lowest BCUT2D eigenvalue weighted by Crippen LogP contribution is -2.13. The molecule has 2 aromatic carbocycles. The monoisotopic (exact) mass is 500 g/mol. The average molecular weight is 502 g/mol. The van der Waals surface area contributed by atoms with Crippen molar-refractivity contribution in [2.24, 2.45) is 0 Å². The van der Waals surface area contributed by atoms with Gasteiger partial charge < -0.3 is 0 Å². The Morgan fingerprint density at radius 2 is 0.962 bits per heavy atom. The van der Waals surface area contributed by atoms with Crippen molar-refractivity contribution in [2.45, 2.75) is 0 Å². The molecule has 6 heteroatoms. The third-order valence-electron chi connectivity index (χ3n) is 5.03. The Hall–Kier alpha value is -1.60. The Labute approximate surface area is 172 Å². The van der Waals surface area contributed by atoms with Crippen molar-refractivity contribution >= 4 is 76.9 Å². The molecule has 0 radical (unpaired) electrons. The van der Waals surface area contributed by atoms with Gasteiger partial charge >= 0.3 is 0 Å². The highest BCUT2D eigenvalue weighted by molar-refractivity contribution is 9.11. The third-order valence-corrected chi connectivity index (χ3v) is 8.38. The van der Waals surface area contributed by atoms with Crippen molar-refractivity contribution in [3.8, 4) is 20.9 Å². The Morgan fingerprint density at radius 1 is 0.577 bits per heavy atom. The Balaban J connectivity index is 1.85. The zero-order chi connectivity index (χ0) is 17.7. The second kappa shape index (κ2) is 5.01. The number of benzene rings is 2. The van der Waals surface area contributed by atoms with Crippen LogP contribution in [0.15, 0.2) is 44.0 Å². The van der Waals surface area contributed by atoms with E-state index in [1.165, 1.54) is 0 Å². The quantitative estimate of drug-likeness (QED) is 0.226. The van der Waals surface area contributed by atoms with Crippen molar-refractivity contribution in [3.63, 3.8) is 0 Å². The second-order valence-corrected chi connectivity index (χ2v) is 11.2. The molecule has 6 rings (SSSR count). The number of carbonyl (C=O) groups is 2. The van der Waals surface area contributed by atoms with Crippen LogP contribution in [0.3, 0.4) is 0 Å². The molecule has 0 bridgehead atoms. The normalized spacial score (nSPS) is 13.9. The second-order valence-electron chi connectivity index (χ2n) is 6.32. The molecule has 26 heavy (non-hydrogen) atoms. The highest BCUT2D eigenvalue weighted by atomic mass is 79.9. The molecule has 0 saturated heterocycles. The van der Waals surface area contributed by atoms with Crippen molar-refractivity contribution < 1.29 is 9.59 Å². The fraction of sp³-hybridized carbons (Fsp3) is 0. The van der Waals surface area contributed by atoms with Crippen LogP contribution < -0.4 is 0 Å². The average Bonchev–Trinajstić information content (AvgIpc) is 3.21. The molecule has 2 aliphatic carbocycles. The first kappa shape index (κ1) is 15.5. The summed E-state index contributed by atoms with van der Waals surface area (Å²) < 4.78 is 1.88. The van der Waals surface area contributed by atoms with Crippen molar-refractivity contribution in [1.82, 2.24) is 0 Å². The van der Waals surface area contributed by atoms with E-state index in [2.05, 4.69) is 31.9 Å². The van der Waals surface area contributed by atoms with Gasteiger partial charge in [0.25, 0.3) is 0 Å². The van der Waals surface area contributed by atoms with E-state index >= 15 is 0 Å². The summed E-state index contributed by atoms with van der Waals surface area (Å²) in [7, 11) is 0. The molecular weight excluding hydrogens is 496 g/mol. The molecule has 0 amide bonds. The fourth-order valence-electron chi connectivity index (χ4n) is 4.00. The van der Waals surface area contributed by atoms with Crippen molar-refractivity contribution in [3.05, 3.63) is 66.2 Å². The van der Waals surface area contributed by atoms with E-state index in [1.807, 2.05) is 36.4 Å². The highest BCUT2D eigenvalue weighted by Gasteiger charge is 2.34. The van der Waals surface area contributed by atoms with E-state index in [0.717, 1.165) is 50.4 Å². The first-order valence-electron chi connectivity index (χ1n) is 7.83. The Bertz CT molecular complexity index is 1240. The van der Waals surface area contributed by atoms with Gasteiger partial charge in [-0.2, -0.15) is 0 Å². The topological polar surface area (TPSA) is 34.1 Å². The van der Waals surface area contributed by atoms with Gasteiger partial charge in [-0.25, -0.2) is 0 Å². The van der Waals surface area contributed by atoms with E-state index in [-0.39, 0.29) is 11.6 Å². The van der Waals surface area contributed by atoms with Gasteiger partial charge in [0.1, 0.15) is 0 Å². The summed E-state index contributed by atoms with van der Waals surface area (Å²) in [4.78, 5) is 28.1. The van der Waals surface area contributed by atoms with Gasteiger partial charge in [-0.05, 0) is 56.1 Å². The van der Waals surface area contributed by atoms with Crippen LogP contribution in [0.5, 0.6) is 0 Å². The molecule has 2 heterocycles. The SMILES string of the molecule is O=C1c2cc(Br)sc2-c2ccc3c4c(ccc1c24)-c1sc(Br)cc1C3=O. The molecule has 0 atom stereocenters. The summed E-state index contributed by atoms with van der Waals surface area (Å²) in [6.45, 7) is 0. The molecule has 2 aromatic heterocycles. The van der Waals surface area contributed by atoms with Gasteiger partial charge in [-0.15, -0.1) is 22.7 Å². The first-order chi connectivity index (χ1) is 12.5. The number of carbonyl (C=O) groups excluding carboxylic acids is 2. The van der Waals surface area contributed by atoms with Crippen LogP contribution in [0.4, 0.5) is 0 Å². The smallest absolute Gasteiger partial charge is 0.195 e. The van der Waals surface area contributed by atoms with Crippen LogP contribution >= 0.6 is 54.5 Å². The molecule has 0 spiro atoms. The van der Waals surface area contributed by atoms with Crippen LogP contribution in [-0.4, -0.2) is 11.6 Å². The summed E-state index contributed by atoms with van der Waals surface area (Å²) in [5, 5.41) is 1.82. The number of hydrogen-bond acceptors (Lipinski definition) is 4. The van der Waals surface area contributed by atoms with Gasteiger partial charge in [0.2, 0.25) is 0 Å². The summed E-state index contributed by atoms with van der Waals surface area (Å²) in [6, 6.07) is 11.6. The van der Waals surface area contributed by atoms with Gasteiger partial charge in [0, 0.05) is 53.9 Å². The minimum Gasteiger partial charge on any atom is -0.289 e. The standard InChI is InChI=1S/C20H6Br2O2S2/c21-13-5-11-17(23)7-1-3-9-16-8(2-4-10(15(7)16)20(11)26-13)18(24)12-6-14(22)25-19(9)12/h1-6H. The number of hydrogen-bond donors (Lipinski definition) is 0. The molecule has 124 valence electrons. The van der Waals surface area contributed by atoms with Crippen molar-refractivity contribution in [2.75, 3.05) is 0 Å². The van der Waals surface area contributed by atoms with E-state index in [4.69, 9.17) is 0 Å². The Morgan fingerprint density at radius 3 is 1.38 bits per heavy atom. The first-order valence-corrected chi connectivity index (χ1v) is 11.0. The number of ketones is 2. The number of halogens is 2. The molecule has 0 N–H and O–H groups in total.